The summed E-state index contributed by atoms with van der Waals surface area (Å²) in [5, 5.41) is 15.3. The van der Waals surface area contributed by atoms with Gasteiger partial charge < -0.3 is 19.9 Å². The van der Waals surface area contributed by atoms with Gasteiger partial charge in [0.1, 0.15) is 11.6 Å². The molecule has 0 aromatic carbocycles. The Morgan fingerprint density at radius 1 is 1.52 bits per heavy atom. The molecule has 0 aliphatic rings. The molecular formula is C12H18ClN3O5. The van der Waals surface area contributed by atoms with E-state index >= 15 is 0 Å². The Labute approximate surface area is 126 Å². The van der Waals surface area contributed by atoms with Crippen LogP contribution in [0.5, 0.6) is 0 Å². The van der Waals surface area contributed by atoms with Crippen molar-refractivity contribution in [3.05, 3.63) is 21.6 Å². The highest BCUT2D eigenvalue weighted by molar-refractivity contribution is 6.32. The quantitative estimate of drug-likeness (QED) is 0.483. The molecule has 0 unspecified atom stereocenters. The molecule has 118 valence electrons. The van der Waals surface area contributed by atoms with E-state index in [2.05, 4.69) is 15.2 Å². The van der Waals surface area contributed by atoms with Crippen molar-refractivity contribution >= 4 is 23.3 Å². The molecule has 0 spiro atoms. The lowest BCUT2D eigenvalue weighted by Crippen LogP contribution is -2.28. The molecule has 0 fully saturated rings. The minimum absolute atomic E-state index is 0.0123. The first-order valence-electron chi connectivity index (χ1n) is 6.35. The van der Waals surface area contributed by atoms with E-state index in [1.54, 1.807) is 0 Å². The van der Waals surface area contributed by atoms with Crippen LogP contribution in [0, 0.1) is 0 Å². The van der Waals surface area contributed by atoms with Gasteiger partial charge in [-0.3, -0.25) is 9.59 Å². The summed E-state index contributed by atoms with van der Waals surface area (Å²) in [5.74, 6) is -0.581. The molecular weight excluding hydrogens is 302 g/mol. The number of hydrogen-bond acceptors (Lipinski definition) is 7. The number of nitrogens with zero attached hydrogens (tertiary/aromatic N) is 2. The van der Waals surface area contributed by atoms with Gasteiger partial charge in [-0.1, -0.05) is 11.6 Å². The van der Waals surface area contributed by atoms with Gasteiger partial charge in [0.25, 0.3) is 5.56 Å². The summed E-state index contributed by atoms with van der Waals surface area (Å²) in [7, 11) is 1.23. The van der Waals surface area contributed by atoms with Crippen molar-refractivity contribution in [1.29, 1.82) is 0 Å². The summed E-state index contributed by atoms with van der Waals surface area (Å²) in [6.45, 7) is 1.02. The van der Waals surface area contributed by atoms with Crippen molar-refractivity contribution in [3.63, 3.8) is 0 Å². The predicted octanol–water partition coefficient (Wildman–Crippen LogP) is -0.119. The Morgan fingerprint density at radius 3 is 2.95 bits per heavy atom. The molecule has 0 radical (unpaired) electrons. The van der Waals surface area contributed by atoms with Crippen LogP contribution < -0.4 is 10.9 Å². The molecule has 0 atom stereocenters. The second-order valence-electron chi connectivity index (χ2n) is 4.03. The molecule has 0 saturated carbocycles. The number of anilines is 1. The smallest absolute Gasteiger partial charge is 0.327 e. The van der Waals surface area contributed by atoms with Crippen molar-refractivity contribution in [2.24, 2.45) is 0 Å². The first kappa shape index (κ1) is 17.4. The predicted molar refractivity (Wildman–Crippen MR) is 76.5 cm³/mol. The molecule has 8 nitrogen and oxygen atoms in total. The van der Waals surface area contributed by atoms with E-state index in [1.165, 1.54) is 13.3 Å². The Kier molecular flexibility index (Phi) is 7.73. The maximum Gasteiger partial charge on any atom is 0.327 e. The van der Waals surface area contributed by atoms with Crippen LogP contribution in [0.25, 0.3) is 0 Å². The SMILES string of the molecule is COC(=O)Cn1ncc(NCCCOCCO)c(Cl)c1=O. The third-order valence-corrected chi connectivity index (χ3v) is 2.87. The number of methoxy groups -OCH3 is 1. The van der Waals surface area contributed by atoms with Crippen LogP contribution in [0.15, 0.2) is 11.0 Å². The second kappa shape index (κ2) is 9.32. The van der Waals surface area contributed by atoms with Crippen LogP contribution in [0.1, 0.15) is 6.42 Å². The van der Waals surface area contributed by atoms with Gasteiger partial charge in [0.15, 0.2) is 0 Å². The lowest BCUT2D eigenvalue weighted by molar-refractivity contribution is -0.141. The normalized spacial score (nSPS) is 10.4. The molecule has 21 heavy (non-hydrogen) atoms. The molecule has 0 saturated heterocycles. The van der Waals surface area contributed by atoms with Crippen molar-refractivity contribution in [2.45, 2.75) is 13.0 Å². The van der Waals surface area contributed by atoms with Gasteiger partial charge in [0, 0.05) is 13.2 Å². The van der Waals surface area contributed by atoms with Crippen molar-refractivity contribution in [1.82, 2.24) is 9.78 Å². The van der Waals surface area contributed by atoms with E-state index in [1.807, 2.05) is 0 Å². The summed E-state index contributed by atoms with van der Waals surface area (Å²) in [4.78, 5) is 23.0. The van der Waals surface area contributed by atoms with Gasteiger partial charge in [-0.2, -0.15) is 5.10 Å². The number of carbonyl (C=O) groups excluding carboxylic acids is 1. The molecule has 0 aliphatic heterocycles. The van der Waals surface area contributed by atoms with Crippen LogP contribution in [0.4, 0.5) is 5.69 Å². The van der Waals surface area contributed by atoms with E-state index in [9.17, 15) is 9.59 Å². The lowest BCUT2D eigenvalue weighted by atomic mass is 10.4. The number of aliphatic hydroxyl groups excluding tert-OH is 1. The number of halogens is 1. The Balaban J connectivity index is 2.55. The standard InChI is InChI=1S/C12H18ClN3O5/c1-20-10(18)8-16-12(19)11(13)9(7-15-16)14-3-2-5-21-6-4-17/h7,14,17H,2-6,8H2,1H3. The molecule has 0 bridgehead atoms. The second-order valence-corrected chi connectivity index (χ2v) is 4.41. The zero-order chi connectivity index (χ0) is 15.7. The van der Waals surface area contributed by atoms with Gasteiger partial charge in [-0.15, -0.1) is 0 Å². The van der Waals surface area contributed by atoms with Crippen molar-refractivity contribution in [2.75, 3.05) is 38.8 Å². The maximum absolute atomic E-state index is 11.9. The summed E-state index contributed by atoms with van der Waals surface area (Å²) in [5.41, 5.74) is -0.173. The van der Waals surface area contributed by atoms with Crippen LogP contribution in [0.3, 0.4) is 0 Å². The molecule has 1 heterocycles. The Bertz CT molecular complexity index is 520. The van der Waals surface area contributed by atoms with E-state index < -0.39 is 11.5 Å². The number of hydrogen-bond donors (Lipinski definition) is 2. The molecule has 1 aromatic rings. The topological polar surface area (TPSA) is 103 Å². The van der Waals surface area contributed by atoms with Crippen LogP contribution in [-0.2, 0) is 20.8 Å². The highest BCUT2D eigenvalue weighted by atomic mass is 35.5. The summed E-state index contributed by atoms with van der Waals surface area (Å²) in [6, 6.07) is 0. The van der Waals surface area contributed by atoms with Crippen molar-refractivity contribution < 1.29 is 19.4 Å². The van der Waals surface area contributed by atoms with Gasteiger partial charge in [-0.05, 0) is 6.42 Å². The molecule has 2 N–H and O–H groups in total. The highest BCUT2D eigenvalue weighted by Crippen LogP contribution is 2.14. The first-order valence-corrected chi connectivity index (χ1v) is 6.72. The van der Waals surface area contributed by atoms with Gasteiger partial charge in [0.2, 0.25) is 0 Å². The van der Waals surface area contributed by atoms with Crippen LogP contribution in [-0.4, -0.2) is 54.3 Å². The molecule has 0 amide bonds. The average Bonchev–Trinajstić information content (AvgIpc) is 2.49. The lowest BCUT2D eigenvalue weighted by Gasteiger charge is -2.09. The number of aromatic nitrogens is 2. The van der Waals surface area contributed by atoms with Crippen LogP contribution in [0.2, 0.25) is 5.02 Å². The third kappa shape index (κ3) is 5.70. The number of ether oxygens (including phenoxy) is 2. The average molecular weight is 320 g/mol. The zero-order valence-corrected chi connectivity index (χ0v) is 12.4. The van der Waals surface area contributed by atoms with Gasteiger partial charge in [-0.25, -0.2) is 4.68 Å². The van der Waals surface area contributed by atoms with E-state index in [4.69, 9.17) is 21.4 Å². The molecule has 1 aromatic heterocycles. The molecule has 1 rings (SSSR count). The summed E-state index contributed by atoms with van der Waals surface area (Å²) >= 11 is 5.94. The van der Waals surface area contributed by atoms with Crippen LogP contribution >= 0.6 is 11.6 Å². The molecule has 0 aliphatic carbocycles. The fourth-order valence-corrected chi connectivity index (χ4v) is 1.66. The number of carbonyl (C=O) groups is 1. The number of nitrogens with one attached hydrogen (secondary N) is 1. The molecule has 9 heteroatoms. The summed E-state index contributed by atoms with van der Waals surface area (Å²) < 4.78 is 10.5. The Morgan fingerprint density at radius 2 is 2.29 bits per heavy atom. The third-order valence-electron chi connectivity index (χ3n) is 2.51. The zero-order valence-electron chi connectivity index (χ0n) is 11.7. The monoisotopic (exact) mass is 319 g/mol. The van der Waals surface area contributed by atoms with Gasteiger partial charge >= 0.3 is 5.97 Å². The largest absolute Gasteiger partial charge is 0.468 e. The number of esters is 1. The number of rotatable bonds is 9. The fourth-order valence-electron chi connectivity index (χ4n) is 1.45. The fraction of sp³-hybridized carbons (Fsp3) is 0.583. The Hall–Kier alpha value is -1.64. The van der Waals surface area contributed by atoms with E-state index in [0.717, 1.165) is 4.68 Å². The highest BCUT2D eigenvalue weighted by Gasteiger charge is 2.11. The van der Waals surface area contributed by atoms with Crippen molar-refractivity contribution in [3.8, 4) is 0 Å². The van der Waals surface area contributed by atoms with Gasteiger partial charge in [0.05, 0.1) is 32.2 Å². The van der Waals surface area contributed by atoms with E-state index in [-0.39, 0.29) is 18.2 Å². The maximum atomic E-state index is 11.9. The first-order chi connectivity index (χ1) is 10.1. The summed E-state index contributed by atoms with van der Waals surface area (Å²) in [6.07, 6.45) is 2.06. The minimum atomic E-state index is -0.581. The van der Waals surface area contributed by atoms with E-state index in [0.29, 0.717) is 31.9 Å². The number of aliphatic hydroxyl groups is 1. The minimum Gasteiger partial charge on any atom is -0.468 e.